The summed E-state index contributed by atoms with van der Waals surface area (Å²) in [5.74, 6) is 1.86. The number of hydrogen-bond donors (Lipinski definition) is 0. The summed E-state index contributed by atoms with van der Waals surface area (Å²) in [5, 5.41) is 1.07. The number of halogens is 2. The van der Waals surface area contributed by atoms with E-state index in [2.05, 4.69) is 125 Å². The van der Waals surface area contributed by atoms with Gasteiger partial charge in [-0.2, -0.15) is 0 Å². The fraction of sp³-hybridized carbons (Fsp3) is 0.462. The van der Waals surface area contributed by atoms with Gasteiger partial charge in [-0.3, -0.25) is 4.99 Å². The number of para-hydroxylation sites is 1. The van der Waals surface area contributed by atoms with E-state index in [1.165, 1.54) is 22.0 Å². The molecule has 0 spiro atoms. The molecule has 0 N–H and O–H groups in total. The fourth-order valence-electron chi connectivity index (χ4n) is 3.53. The van der Waals surface area contributed by atoms with E-state index in [4.69, 9.17) is 9.98 Å². The van der Waals surface area contributed by atoms with E-state index in [-0.39, 0.29) is 5.41 Å². The van der Waals surface area contributed by atoms with Crippen LogP contribution >= 0.6 is 40.2 Å². The fourth-order valence-corrected chi connectivity index (χ4v) is 4.92. The molecule has 0 radical (unpaired) electrons. The number of nitrogens with zero attached hydrogens (tertiary/aromatic N) is 2. The normalized spacial score (nSPS) is 16.9. The van der Waals surface area contributed by atoms with Crippen molar-refractivity contribution < 1.29 is 10.9 Å². The second-order valence-corrected chi connectivity index (χ2v) is 15.6. The molecule has 2 aromatic rings. The predicted molar refractivity (Wildman–Crippen MR) is 148 cm³/mol. The van der Waals surface area contributed by atoms with Gasteiger partial charge in [-0.15, -0.1) is 11.8 Å². The van der Waals surface area contributed by atoms with Crippen LogP contribution in [0.25, 0.3) is 0 Å². The average molecular weight is 625 g/mol. The summed E-state index contributed by atoms with van der Waals surface area (Å²) < 4.78 is 0. The molecule has 0 bridgehead atoms. The minimum absolute atomic E-state index is 0.162. The third kappa shape index (κ3) is 7.55. The first kappa shape index (κ1) is 27.8. The summed E-state index contributed by atoms with van der Waals surface area (Å²) in [7, 11) is 1.25. The average Bonchev–Trinajstić information content (AvgIpc) is 3.23. The van der Waals surface area contributed by atoms with Crippen molar-refractivity contribution in [2.45, 2.75) is 66.3 Å². The van der Waals surface area contributed by atoms with Gasteiger partial charge in [-0.05, 0) is 28.4 Å². The molecule has 0 fully saturated rings. The van der Waals surface area contributed by atoms with Gasteiger partial charge in [0.1, 0.15) is 10.8 Å². The van der Waals surface area contributed by atoms with Gasteiger partial charge in [0.05, 0.1) is 11.7 Å². The molecule has 178 valence electrons. The molecule has 1 heterocycles. The van der Waals surface area contributed by atoms with E-state index in [0.29, 0.717) is 17.9 Å². The molecule has 0 amide bonds. The Hall–Kier alpha value is -0.416. The molecule has 3 rings (SSSR count). The molecule has 2 nitrogen and oxygen atoms in total. The Morgan fingerprint density at radius 1 is 0.969 bits per heavy atom. The summed E-state index contributed by atoms with van der Waals surface area (Å²) >= 11 is 7.85. The van der Waals surface area contributed by atoms with Crippen molar-refractivity contribution in [2.24, 2.45) is 15.4 Å². The number of rotatable bonds is 5. The first-order valence-corrected chi connectivity index (χ1v) is 16.8. The Morgan fingerprint density at radius 3 is 1.94 bits per heavy atom. The van der Waals surface area contributed by atoms with Crippen LogP contribution < -0.4 is 0 Å². The first-order chi connectivity index (χ1) is 15.1. The van der Waals surface area contributed by atoms with Crippen LogP contribution in [0.3, 0.4) is 0 Å². The van der Waals surface area contributed by atoms with Gasteiger partial charge in [0.2, 0.25) is 0 Å². The molecule has 1 aliphatic heterocycles. The molecule has 0 unspecified atom stereocenters. The molecular formula is C26H34Br2N2NiS. The molecule has 0 saturated carbocycles. The van der Waals surface area contributed by atoms with Crippen LogP contribution in [0.2, 0.25) is 0 Å². The predicted octanol–water partition coefficient (Wildman–Crippen LogP) is 9.30. The van der Waals surface area contributed by atoms with Gasteiger partial charge in [0.25, 0.3) is 0 Å². The van der Waals surface area contributed by atoms with Crippen molar-refractivity contribution in [2.75, 3.05) is 5.75 Å². The number of thioether (sulfide) groups is 1. The van der Waals surface area contributed by atoms with Gasteiger partial charge < -0.3 is 0 Å². The number of hydrogen-bond acceptors (Lipinski definition) is 3. The van der Waals surface area contributed by atoms with E-state index in [1.54, 1.807) is 0 Å². The van der Waals surface area contributed by atoms with Gasteiger partial charge in [-0.1, -0.05) is 97.0 Å². The molecule has 2 aromatic carbocycles. The van der Waals surface area contributed by atoms with Gasteiger partial charge in [-0.25, -0.2) is 4.99 Å². The third-order valence-corrected chi connectivity index (χ3v) is 6.52. The zero-order chi connectivity index (χ0) is 23.9. The Kier molecular flexibility index (Phi) is 11.2. The number of aliphatic imine (C=N–C) groups is 2. The van der Waals surface area contributed by atoms with E-state index >= 15 is 0 Å². The maximum absolute atomic E-state index is 5.33. The van der Waals surface area contributed by atoms with Crippen molar-refractivity contribution in [1.29, 1.82) is 0 Å². The minimum atomic E-state index is 0.162. The first-order valence-electron chi connectivity index (χ1n) is 10.9. The van der Waals surface area contributed by atoms with Crippen molar-refractivity contribution in [3.8, 4) is 0 Å². The number of benzene rings is 2. The second-order valence-electron chi connectivity index (χ2n) is 9.59. The topological polar surface area (TPSA) is 24.7 Å². The van der Waals surface area contributed by atoms with E-state index in [9.17, 15) is 0 Å². The van der Waals surface area contributed by atoms with Crippen LogP contribution in [0.5, 0.6) is 0 Å². The SMILES string of the molecule is CC(C)c1cccc(C(C)C)c1N=C(C1=N[C@@H](C(C)(C)C)CS1)c1ccccc1.[Br][Ni][Br]. The van der Waals surface area contributed by atoms with Crippen LogP contribution in [0.1, 0.15) is 77.0 Å². The molecule has 1 atom stereocenters. The van der Waals surface area contributed by atoms with E-state index in [1.807, 2.05) is 11.8 Å². The maximum atomic E-state index is 5.33. The summed E-state index contributed by atoms with van der Waals surface area (Å²) in [6.07, 6.45) is 0. The molecule has 0 aromatic heterocycles. The summed E-state index contributed by atoms with van der Waals surface area (Å²) in [6, 6.07) is 17.5. The molecule has 0 saturated heterocycles. The van der Waals surface area contributed by atoms with Crippen LogP contribution in [0.4, 0.5) is 5.69 Å². The van der Waals surface area contributed by atoms with Crippen molar-refractivity contribution in [3.63, 3.8) is 0 Å². The molecule has 1 aliphatic rings. The van der Waals surface area contributed by atoms with Crippen LogP contribution in [-0.4, -0.2) is 22.6 Å². The summed E-state index contributed by atoms with van der Waals surface area (Å²) in [4.78, 5) is 10.5. The third-order valence-electron chi connectivity index (χ3n) is 5.47. The Morgan fingerprint density at radius 2 is 1.50 bits per heavy atom. The van der Waals surface area contributed by atoms with Crippen molar-refractivity contribution in [1.82, 2.24) is 0 Å². The van der Waals surface area contributed by atoms with Crippen LogP contribution in [0, 0.1) is 5.41 Å². The summed E-state index contributed by atoms with van der Waals surface area (Å²) in [5.41, 5.74) is 6.05. The van der Waals surface area contributed by atoms with Crippen LogP contribution in [-0.2, 0) is 10.9 Å². The Labute approximate surface area is 218 Å². The van der Waals surface area contributed by atoms with E-state index < -0.39 is 0 Å². The second kappa shape index (κ2) is 12.9. The van der Waals surface area contributed by atoms with Gasteiger partial charge in [0.15, 0.2) is 0 Å². The standard InChI is InChI=1S/C26H34N2S.2BrH.Ni/c1-17(2)20-14-11-15-21(18(3)4)24(20)28-23(19-12-9-8-10-13-19)25-27-22(16-29-25)26(5,6)7;;;/h8-15,17-18,22H,16H2,1-7H3;2*1H;/q;;;+2/p-2/t22-;;;/m1.../s1. The van der Waals surface area contributed by atoms with E-state index in [0.717, 1.165) is 27.8 Å². The molecular weight excluding hydrogens is 591 g/mol. The molecule has 32 heavy (non-hydrogen) atoms. The zero-order valence-corrected chi connectivity index (χ0v) is 24.9. The van der Waals surface area contributed by atoms with Crippen LogP contribution in [0.15, 0.2) is 58.5 Å². The zero-order valence-electron chi connectivity index (χ0n) is 19.9. The van der Waals surface area contributed by atoms with Crippen molar-refractivity contribution >= 4 is 56.7 Å². The molecule has 6 heteroatoms. The Bertz CT molecular complexity index is 908. The Balaban J connectivity index is 0.00000114. The monoisotopic (exact) mass is 622 g/mol. The van der Waals surface area contributed by atoms with Gasteiger partial charge in [0, 0.05) is 11.3 Å². The molecule has 0 aliphatic carbocycles. The van der Waals surface area contributed by atoms with Crippen molar-refractivity contribution in [3.05, 3.63) is 65.2 Å². The summed E-state index contributed by atoms with van der Waals surface area (Å²) in [6.45, 7) is 15.8. The quantitative estimate of drug-likeness (QED) is 0.240. The van der Waals surface area contributed by atoms with Gasteiger partial charge >= 0.3 is 39.3 Å².